The van der Waals surface area contributed by atoms with Gasteiger partial charge in [-0.1, -0.05) is 54.1 Å². The zero-order chi connectivity index (χ0) is 28.9. The fourth-order valence-corrected chi connectivity index (χ4v) is 6.74. The quantitative estimate of drug-likeness (QED) is 0.315. The van der Waals surface area contributed by atoms with E-state index in [1.54, 1.807) is 68.0 Å². The summed E-state index contributed by atoms with van der Waals surface area (Å²) in [5.74, 6) is -0.773. The maximum Gasteiger partial charge on any atom is 0.260 e. The number of anilines is 1. The number of ether oxygens (including phenoxy) is 2. The van der Waals surface area contributed by atoms with Crippen LogP contribution < -0.4 is 14.9 Å². The minimum Gasteiger partial charge on any atom is -0.508 e. The predicted molar refractivity (Wildman–Crippen MR) is 157 cm³/mol. The number of hydrazine groups is 1. The molecule has 2 N–H and O–H groups in total. The zero-order valence-corrected chi connectivity index (χ0v) is 23.6. The maximum absolute atomic E-state index is 14.8. The van der Waals surface area contributed by atoms with Crippen LogP contribution in [0.4, 0.5) is 5.69 Å². The summed E-state index contributed by atoms with van der Waals surface area (Å²) < 4.78 is 11.4. The fraction of sp³-hybridized carbons (Fsp3) is 0.188. The Balaban J connectivity index is 1.53. The van der Waals surface area contributed by atoms with E-state index >= 15 is 0 Å². The molecule has 41 heavy (non-hydrogen) atoms. The third-order valence-corrected chi connectivity index (χ3v) is 8.66. The van der Waals surface area contributed by atoms with Crippen molar-refractivity contribution in [3.63, 3.8) is 0 Å². The molecule has 1 aliphatic carbocycles. The largest absolute Gasteiger partial charge is 0.508 e. The van der Waals surface area contributed by atoms with Gasteiger partial charge in [-0.2, -0.15) is 5.01 Å². The number of rotatable bonds is 6. The SMILES string of the molecule is C=CC1=CCC2C(=O)N(Nc3ccc(Cl)cc3Cl)C(=O)C2(c2ccc(OC)cc2)C1C1=COc2ccc(O)cc2C1. The normalized spacial score (nSPS) is 23.1. The molecule has 3 atom stereocenters. The second-order valence-corrected chi connectivity index (χ2v) is 11.1. The number of imide groups is 1. The van der Waals surface area contributed by atoms with E-state index in [0.29, 0.717) is 40.6 Å². The van der Waals surface area contributed by atoms with E-state index in [2.05, 4.69) is 12.0 Å². The van der Waals surface area contributed by atoms with E-state index < -0.39 is 23.2 Å². The van der Waals surface area contributed by atoms with Crippen molar-refractivity contribution in [2.24, 2.45) is 11.8 Å². The summed E-state index contributed by atoms with van der Waals surface area (Å²) in [5, 5.41) is 11.9. The summed E-state index contributed by atoms with van der Waals surface area (Å²) in [5.41, 5.74) is 5.04. The van der Waals surface area contributed by atoms with Crippen LogP contribution >= 0.6 is 23.2 Å². The van der Waals surface area contributed by atoms with Gasteiger partial charge in [-0.25, -0.2) is 0 Å². The summed E-state index contributed by atoms with van der Waals surface area (Å²) in [4.78, 5) is 28.9. The second-order valence-electron chi connectivity index (χ2n) is 10.2. The molecule has 0 spiro atoms. The average Bonchev–Trinajstić information content (AvgIpc) is 3.19. The molecule has 3 aromatic carbocycles. The van der Waals surface area contributed by atoms with Crippen LogP contribution in [0.3, 0.4) is 0 Å². The van der Waals surface area contributed by atoms with Crippen LogP contribution in [0.5, 0.6) is 17.2 Å². The number of hydrogen-bond donors (Lipinski definition) is 2. The summed E-state index contributed by atoms with van der Waals surface area (Å²) in [6.07, 6.45) is 6.08. The molecule has 0 radical (unpaired) electrons. The van der Waals surface area contributed by atoms with Gasteiger partial charge in [0.05, 0.1) is 35.4 Å². The first-order chi connectivity index (χ1) is 19.8. The monoisotopic (exact) mass is 588 g/mol. The Morgan fingerprint density at radius 2 is 1.90 bits per heavy atom. The van der Waals surface area contributed by atoms with Crippen molar-refractivity contribution in [2.45, 2.75) is 18.3 Å². The number of amides is 2. The Morgan fingerprint density at radius 1 is 1.12 bits per heavy atom. The van der Waals surface area contributed by atoms with Gasteiger partial charge in [0.2, 0.25) is 0 Å². The molecule has 2 amide bonds. The molecule has 0 aromatic heterocycles. The van der Waals surface area contributed by atoms with Crippen molar-refractivity contribution >= 4 is 40.7 Å². The van der Waals surface area contributed by atoms with Crippen LogP contribution in [0.2, 0.25) is 10.0 Å². The highest BCUT2D eigenvalue weighted by Crippen LogP contribution is 2.57. The first-order valence-corrected chi connectivity index (χ1v) is 13.8. The topological polar surface area (TPSA) is 88.1 Å². The Morgan fingerprint density at radius 3 is 2.61 bits per heavy atom. The minimum absolute atomic E-state index is 0.113. The molecule has 6 rings (SSSR count). The van der Waals surface area contributed by atoms with Crippen LogP contribution in [0.25, 0.3) is 0 Å². The Bertz CT molecular complexity index is 1650. The summed E-state index contributed by atoms with van der Waals surface area (Å²) in [7, 11) is 1.57. The van der Waals surface area contributed by atoms with Gasteiger partial charge in [0, 0.05) is 22.9 Å². The molecule has 0 bridgehead atoms. The lowest BCUT2D eigenvalue weighted by Gasteiger charge is -2.44. The van der Waals surface area contributed by atoms with Crippen molar-refractivity contribution in [1.29, 1.82) is 0 Å². The van der Waals surface area contributed by atoms with Gasteiger partial charge in [0.15, 0.2) is 0 Å². The number of benzene rings is 3. The van der Waals surface area contributed by atoms with Gasteiger partial charge in [-0.15, -0.1) is 0 Å². The summed E-state index contributed by atoms with van der Waals surface area (Å²) >= 11 is 12.5. The first kappa shape index (κ1) is 27.0. The average molecular weight is 589 g/mol. The molecule has 3 unspecified atom stereocenters. The van der Waals surface area contributed by atoms with Gasteiger partial charge in [0.25, 0.3) is 11.8 Å². The van der Waals surface area contributed by atoms with E-state index in [0.717, 1.165) is 21.7 Å². The van der Waals surface area contributed by atoms with Crippen LogP contribution in [0.1, 0.15) is 17.5 Å². The molecule has 7 nitrogen and oxygen atoms in total. The number of nitrogens with one attached hydrogen (secondary N) is 1. The van der Waals surface area contributed by atoms with Crippen LogP contribution in [0, 0.1) is 11.8 Å². The van der Waals surface area contributed by atoms with Gasteiger partial charge in [-0.3, -0.25) is 15.0 Å². The van der Waals surface area contributed by atoms with E-state index in [1.165, 1.54) is 0 Å². The highest BCUT2D eigenvalue weighted by molar-refractivity contribution is 6.36. The Hall–Kier alpha value is -4.20. The molecule has 1 saturated heterocycles. The highest BCUT2D eigenvalue weighted by atomic mass is 35.5. The van der Waals surface area contributed by atoms with E-state index in [-0.39, 0.29) is 16.7 Å². The van der Waals surface area contributed by atoms with Crippen LogP contribution in [-0.4, -0.2) is 29.0 Å². The number of fused-ring (bicyclic) bond motifs is 2. The summed E-state index contributed by atoms with van der Waals surface area (Å²) in [6.45, 7) is 4.05. The van der Waals surface area contributed by atoms with Gasteiger partial charge in [-0.05, 0) is 71.7 Å². The van der Waals surface area contributed by atoms with E-state index in [9.17, 15) is 14.7 Å². The van der Waals surface area contributed by atoms with Gasteiger partial charge < -0.3 is 14.6 Å². The lowest BCUT2D eigenvalue weighted by atomic mass is 9.55. The number of allylic oxidation sites excluding steroid dienone is 4. The van der Waals surface area contributed by atoms with Gasteiger partial charge >= 0.3 is 0 Å². The lowest BCUT2D eigenvalue weighted by molar-refractivity contribution is -0.138. The maximum atomic E-state index is 14.8. The molecule has 2 heterocycles. The smallest absolute Gasteiger partial charge is 0.260 e. The standard InChI is InChI=1S/C32H26Cl2N2O5/c1-3-18-4-11-25-30(38)36(35-27-12-7-22(33)16-26(27)34)31(39)32(25,21-5-9-24(40-2)10-6-21)29(18)20-14-19-15-23(37)8-13-28(19)41-17-20/h3-10,12-13,15-17,25,29,35,37H,1,11,14H2,2H3. The number of methoxy groups -OCH3 is 1. The van der Waals surface area contributed by atoms with Crippen LogP contribution in [0.15, 0.2) is 96.8 Å². The number of phenolic OH excluding ortho intramolecular Hbond substituents is 1. The predicted octanol–water partition coefficient (Wildman–Crippen LogP) is 6.61. The molecule has 3 aliphatic rings. The fourth-order valence-electron chi connectivity index (χ4n) is 6.29. The number of carbonyl (C=O) groups is 2. The Kier molecular flexibility index (Phi) is 6.80. The Labute approximate surface area is 247 Å². The van der Waals surface area contributed by atoms with E-state index in [1.807, 2.05) is 18.2 Å². The molecule has 0 saturated carbocycles. The molecular weight excluding hydrogens is 563 g/mol. The van der Waals surface area contributed by atoms with Crippen molar-refractivity contribution < 1.29 is 24.2 Å². The number of halogens is 2. The van der Waals surface area contributed by atoms with Crippen molar-refractivity contribution in [3.05, 3.63) is 118 Å². The number of nitrogens with zero attached hydrogens (tertiary/aromatic N) is 1. The van der Waals surface area contributed by atoms with Crippen LogP contribution in [-0.2, 0) is 21.4 Å². The number of aromatic hydroxyl groups is 1. The molecule has 2 aliphatic heterocycles. The van der Waals surface area contributed by atoms with Gasteiger partial charge in [0.1, 0.15) is 17.2 Å². The summed E-state index contributed by atoms with van der Waals surface area (Å²) in [6, 6.07) is 16.9. The molecule has 3 aromatic rings. The minimum atomic E-state index is -1.34. The molecule has 1 fully saturated rings. The molecular formula is C32H26Cl2N2O5. The lowest BCUT2D eigenvalue weighted by Crippen LogP contribution is -2.51. The highest BCUT2D eigenvalue weighted by Gasteiger charge is 2.66. The number of carbonyl (C=O) groups excluding carboxylic acids is 2. The second kappa shape index (κ2) is 10.3. The third kappa shape index (κ3) is 4.28. The van der Waals surface area contributed by atoms with Crippen molar-refractivity contribution in [3.8, 4) is 17.2 Å². The van der Waals surface area contributed by atoms with Crippen molar-refractivity contribution in [1.82, 2.24) is 5.01 Å². The molecule has 9 heteroatoms. The number of hydrogen-bond acceptors (Lipinski definition) is 6. The molecule has 208 valence electrons. The first-order valence-electron chi connectivity index (χ1n) is 13.0. The zero-order valence-electron chi connectivity index (χ0n) is 22.1. The third-order valence-electron chi connectivity index (χ3n) is 8.12. The number of phenols is 1. The van der Waals surface area contributed by atoms with Crippen molar-refractivity contribution in [2.75, 3.05) is 12.5 Å². The van der Waals surface area contributed by atoms with E-state index in [4.69, 9.17) is 32.7 Å².